The van der Waals surface area contributed by atoms with Gasteiger partial charge in [-0.1, -0.05) is 19.8 Å². The van der Waals surface area contributed by atoms with Gasteiger partial charge in [0, 0.05) is 5.69 Å². The van der Waals surface area contributed by atoms with E-state index >= 15 is 0 Å². The van der Waals surface area contributed by atoms with Crippen LogP contribution >= 0.6 is 0 Å². The van der Waals surface area contributed by atoms with Crippen molar-refractivity contribution in [3.05, 3.63) is 24.3 Å². The van der Waals surface area contributed by atoms with Gasteiger partial charge in [-0.3, -0.25) is 0 Å². The third-order valence-electron chi connectivity index (χ3n) is 4.31. The Morgan fingerprint density at radius 2 is 1.95 bits per heavy atom. The molecule has 1 fully saturated rings. The Morgan fingerprint density at radius 1 is 1.25 bits per heavy atom. The van der Waals surface area contributed by atoms with Gasteiger partial charge >= 0.3 is 5.97 Å². The maximum Gasteiger partial charge on any atom is 0.331 e. The molecule has 2 rings (SSSR count). The number of hydrogen-bond acceptors (Lipinski definition) is 4. The third kappa shape index (κ3) is 2.74. The first-order valence-electron chi connectivity index (χ1n) is 7.13. The lowest BCUT2D eigenvalue weighted by Gasteiger charge is -2.41. The van der Waals surface area contributed by atoms with Crippen LogP contribution in [0.3, 0.4) is 0 Å². The number of rotatable bonds is 4. The van der Waals surface area contributed by atoms with Crippen molar-refractivity contribution in [3.63, 3.8) is 0 Å². The smallest absolute Gasteiger partial charge is 0.331 e. The van der Waals surface area contributed by atoms with Gasteiger partial charge in [0.25, 0.3) is 0 Å². The van der Waals surface area contributed by atoms with Crippen molar-refractivity contribution in [1.82, 2.24) is 0 Å². The number of methoxy groups -OCH3 is 2. The lowest BCUT2D eigenvalue weighted by molar-refractivity contribution is -0.149. The molecule has 1 saturated carbocycles. The van der Waals surface area contributed by atoms with E-state index in [-0.39, 0.29) is 11.9 Å². The predicted molar refractivity (Wildman–Crippen MR) is 79.0 cm³/mol. The first kappa shape index (κ1) is 14.7. The zero-order valence-electron chi connectivity index (χ0n) is 12.4. The highest BCUT2D eigenvalue weighted by Crippen LogP contribution is 2.37. The third-order valence-corrected chi connectivity index (χ3v) is 4.31. The summed E-state index contributed by atoms with van der Waals surface area (Å²) < 4.78 is 10.2. The van der Waals surface area contributed by atoms with Gasteiger partial charge in [-0.2, -0.15) is 0 Å². The molecule has 0 spiro atoms. The van der Waals surface area contributed by atoms with Gasteiger partial charge in [0.2, 0.25) is 0 Å². The average Bonchev–Trinajstić information content (AvgIpc) is 2.49. The van der Waals surface area contributed by atoms with E-state index in [0.29, 0.717) is 0 Å². The summed E-state index contributed by atoms with van der Waals surface area (Å²) in [6.07, 6.45) is 4.07. The number of hydrogen-bond donors (Lipinski definition) is 1. The summed E-state index contributed by atoms with van der Waals surface area (Å²) in [5.41, 5.74) is 0.312. The highest BCUT2D eigenvalue weighted by atomic mass is 16.5. The van der Waals surface area contributed by atoms with Crippen molar-refractivity contribution in [3.8, 4) is 5.75 Å². The summed E-state index contributed by atoms with van der Waals surface area (Å²) in [5, 5.41) is 3.42. The summed E-state index contributed by atoms with van der Waals surface area (Å²) in [6, 6.07) is 7.65. The minimum Gasteiger partial charge on any atom is -0.497 e. The molecule has 4 heteroatoms. The van der Waals surface area contributed by atoms with E-state index in [0.717, 1.165) is 30.7 Å². The largest absolute Gasteiger partial charge is 0.497 e. The second-order valence-corrected chi connectivity index (χ2v) is 5.46. The Hall–Kier alpha value is -1.71. The topological polar surface area (TPSA) is 47.6 Å². The SMILES string of the molecule is COC(=O)C1(Nc2ccc(OC)cc2)CCCCC1C. The second kappa shape index (κ2) is 6.16. The standard InChI is InChI=1S/C16H23NO3/c1-12-6-4-5-11-16(12,15(18)20-3)17-13-7-9-14(19-2)10-8-13/h7-10,12,17H,4-6,11H2,1-3H3. The lowest BCUT2D eigenvalue weighted by atomic mass is 9.73. The minimum atomic E-state index is -0.610. The molecule has 2 unspecified atom stereocenters. The number of benzene rings is 1. The number of carbonyl (C=O) groups is 1. The van der Waals surface area contributed by atoms with E-state index in [4.69, 9.17) is 9.47 Å². The fourth-order valence-electron chi connectivity index (χ4n) is 3.00. The van der Waals surface area contributed by atoms with Crippen LogP contribution in [0.5, 0.6) is 5.75 Å². The monoisotopic (exact) mass is 277 g/mol. The molecule has 1 aromatic carbocycles. The Balaban J connectivity index is 2.24. The fraction of sp³-hybridized carbons (Fsp3) is 0.562. The fourth-order valence-corrected chi connectivity index (χ4v) is 3.00. The molecular weight excluding hydrogens is 254 g/mol. The molecule has 110 valence electrons. The molecule has 2 atom stereocenters. The van der Waals surface area contributed by atoms with Crippen LogP contribution < -0.4 is 10.1 Å². The van der Waals surface area contributed by atoms with Crippen molar-refractivity contribution in [1.29, 1.82) is 0 Å². The van der Waals surface area contributed by atoms with E-state index in [2.05, 4.69) is 12.2 Å². The first-order chi connectivity index (χ1) is 9.62. The Labute approximate surface area is 120 Å². The van der Waals surface area contributed by atoms with E-state index in [9.17, 15) is 4.79 Å². The van der Waals surface area contributed by atoms with Crippen LogP contribution in [0.2, 0.25) is 0 Å². The van der Waals surface area contributed by atoms with Crippen LogP contribution in [0.4, 0.5) is 5.69 Å². The first-order valence-corrected chi connectivity index (χ1v) is 7.13. The van der Waals surface area contributed by atoms with Crippen molar-refractivity contribution < 1.29 is 14.3 Å². The molecule has 20 heavy (non-hydrogen) atoms. The Morgan fingerprint density at radius 3 is 2.50 bits per heavy atom. The summed E-state index contributed by atoms with van der Waals surface area (Å²) in [6.45, 7) is 2.12. The van der Waals surface area contributed by atoms with Gasteiger partial charge < -0.3 is 14.8 Å². The molecule has 0 aliphatic heterocycles. The summed E-state index contributed by atoms with van der Waals surface area (Å²) in [7, 11) is 3.10. The predicted octanol–water partition coefficient (Wildman–Crippen LogP) is 3.23. The Kier molecular flexibility index (Phi) is 4.53. The van der Waals surface area contributed by atoms with Crippen molar-refractivity contribution >= 4 is 11.7 Å². The highest BCUT2D eigenvalue weighted by Gasteiger charge is 2.45. The number of esters is 1. The van der Waals surface area contributed by atoms with Crippen LogP contribution in [-0.2, 0) is 9.53 Å². The van der Waals surface area contributed by atoms with Crippen molar-refractivity contribution in [2.24, 2.45) is 5.92 Å². The van der Waals surface area contributed by atoms with Crippen LogP contribution in [0.1, 0.15) is 32.6 Å². The second-order valence-electron chi connectivity index (χ2n) is 5.46. The van der Waals surface area contributed by atoms with Gasteiger partial charge in [0.15, 0.2) is 0 Å². The van der Waals surface area contributed by atoms with Gasteiger partial charge in [-0.25, -0.2) is 4.79 Å². The highest BCUT2D eigenvalue weighted by molar-refractivity contribution is 5.85. The summed E-state index contributed by atoms with van der Waals surface area (Å²) in [5.74, 6) is 0.894. The quantitative estimate of drug-likeness (QED) is 0.858. The number of ether oxygens (including phenoxy) is 2. The van der Waals surface area contributed by atoms with E-state index < -0.39 is 5.54 Å². The van der Waals surface area contributed by atoms with Gasteiger partial charge in [-0.05, 0) is 43.0 Å². The van der Waals surface area contributed by atoms with Crippen molar-refractivity contribution in [2.45, 2.75) is 38.1 Å². The molecular formula is C16H23NO3. The minimum absolute atomic E-state index is 0.166. The number of nitrogens with one attached hydrogen (secondary N) is 1. The van der Waals surface area contributed by atoms with Crippen molar-refractivity contribution in [2.75, 3.05) is 19.5 Å². The molecule has 0 bridgehead atoms. The molecule has 4 nitrogen and oxygen atoms in total. The normalized spacial score (nSPS) is 25.9. The molecule has 1 N–H and O–H groups in total. The van der Waals surface area contributed by atoms with E-state index in [1.54, 1.807) is 7.11 Å². The molecule has 1 aliphatic rings. The van der Waals surface area contributed by atoms with Gasteiger partial charge in [0.1, 0.15) is 11.3 Å². The van der Waals surface area contributed by atoms with Crippen LogP contribution in [0.25, 0.3) is 0 Å². The van der Waals surface area contributed by atoms with Crippen LogP contribution in [0.15, 0.2) is 24.3 Å². The molecule has 0 heterocycles. The van der Waals surface area contributed by atoms with Gasteiger partial charge in [0.05, 0.1) is 14.2 Å². The average molecular weight is 277 g/mol. The number of carbonyl (C=O) groups excluding carboxylic acids is 1. The summed E-state index contributed by atoms with van der Waals surface area (Å²) in [4.78, 5) is 12.3. The van der Waals surface area contributed by atoms with Gasteiger partial charge in [-0.15, -0.1) is 0 Å². The molecule has 0 aromatic heterocycles. The Bertz CT molecular complexity index is 457. The molecule has 1 aromatic rings. The zero-order chi connectivity index (χ0) is 14.6. The molecule has 0 radical (unpaired) electrons. The number of anilines is 1. The molecule has 1 aliphatic carbocycles. The van der Waals surface area contributed by atoms with E-state index in [1.165, 1.54) is 13.5 Å². The van der Waals surface area contributed by atoms with E-state index in [1.807, 2.05) is 24.3 Å². The molecule has 0 saturated heterocycles. The lowest BCUT2D eigenvalue weighted by Crippen LogP contribution is -2.54. The van der Waals surface area contributed by atoms with Crippen LogP contribution in [-0.4, -0.2) is 25.7 Å². The zero-order valence-corrected chi connectivity index (χ0v) is 12.4. The molecule has 0 amide bonds. The summed E-state index contributed by atoms with van der Waals surface area (Å²) >= 11 is 0. The maximum absolute atomic E-state index is 12.3. The maximum atomic E-state index is 12.3. The van der Waals surface area contributed by atoms with Crippen LogP contribution in [0, 0.1) is 5.92 Å².